The van der Waals surface area contributed by atoms with Gasteiger partial charge in [0.25, 0.3) is 0 Å². The minimum Gasteiger partial charge on any atom is -0.473 e. The molecule has 2 aromatic heterocycles. The lowest BCUT2D eigenvalue weighted by Crippen LogP contribution is -2.37. The molecule has 2 aromatic carbocycles. The van der Waals surface area contributed by atoms with E-state index in [1.807, 2.05) is 30.3 Å². The van der Waals surface area contributed by atoms with Gasteiger partial charge in [-0.05, 0) is 55.7 Å². The maximum Gasteiger partial charge on any atom is 0.337 e. The molecule has 2 fully saturated rings. The molecule has 2 aliphatic heterocycles. The van der Waals surface area contributed by atoms with Crippen molar-refractivity contribution in [1.29, 1.82) is 5.26 Å². The number of imidazole rings is 1. The minimum atomic E-state index is -0.477. The molecule has 4 heterocycles. The van der Waals surface area contributed by atoms with Gasteiger partial charge >= 0.3 is 5.97 Å². The number of ether oxygens (including phenoxy) is 4. The van der Waals surface area contributed by atoms with Crippen molar-refractivity contribution in [2.24, 2.45) is 0 Å². The third kappa shape index (κ3) is 6.45. The molecule has 0 amide bonds. The highest BCUT2D eigenvalue weighted by atomic mass is 19.1. The maximum atomic E-state index is 14.2. The number of nitrogens with zero attached hydrogens (tertiary/aromatic N) is 5. The molecule has 10 nitrogen and oxygen atoms in total. The number of anilines is 1. The van der Waals surface area contributed by atoms with E-state index >= 15 is 0 Å². The van der Waals surface area contributed by atoms with E-state index in [4.69, 9.17) is 29.2 Å². The highest BCUT2D eigenvalue weighted by Gasteiger charge is 2.25. The summed E-state index contributed by atoms with van der Waals surface area (Å²) in [6.45, 7) is 3.31. The van der Waals surface area contributed by atoms with Crippen LogP contribution in [0.15, 0.2) is 54.6 Å². The SMILES string of the molecule is COC(=O)c1ccc2nc(COC3CCN(c4cccc(OCc5ccc(C#N)cc5F)n4)CC3)n(C[C@@H]3CCO3)c2c1. The van der Waals surface area contributed by atoms with Gasteiger partial charge in [0.05, 0.1) is 54.1 Å². The predicted molar refractivity (Wildman–Crippen MR) is 155 cm³/mol. The number of methoxy groups -OCH3 is 1. The lowest BCUT2D eigenvalue weighted by Gasteiger charge is -2.33. The summed E-state index contributed by atoms with van der Waals surface area (Å²) in [4.78, 5) is 23.8. The highest BCUT2D eigenvalue weighted by molar-refractivity contribution is 5.93. The zero-order valence-electron chi connectivity index (χ0n) is 23.9. The van der Waals surface area contributed by atoms with E-state index in [1.54, 1.807) is 24.3 Å². The van der Waals surface area contributed by atoms with Crippen LogP contribution in [0.5, 0.6) is 5.88 Å². The van der Waals surface area contributed by atoms with Gasteiger partial charge in [0, 0.05) is 31.3 Å². The van der Waals surface area contributed by atoms with Crippen LogP contribution in [0.2, 0.25) is 0 Å². The monoisotopic (exact) mass is 585 g/mol. The largest absolute Gasteiger partial charge is 0.473 e. The molecule has 2 saturated heterocycles. The van der Waals surface area contributed by atoms with E-state index in [0.29, 0.717) is 30.2 Å². The number of fused-ring (bicyclic) bond motifs is 1. The zero-order chi connectivity index (χ0) is 29.8. The fraction of sp³-hybridized carbons (Fsp3) is 0.375. The van der Waals surface area contributed by atoms with Crippen LogP contribution in [0.3, 0.4) is 0 Å². The van der Waals surface area contributed by atoms with Gasteiger partial charge in [0.1, 0.15) is 30.7 Å². The van der Waals surface area contributed by atoms with Crippen molar-refractivity contribution in [3.63, 3.8) is 0 Å². The van der Waals surface area contributed by atoms with Crippen LogP contribution in [0.1, 0.15) is 46.6 Å². The normalized spacial score (nSPS) is 17.0. The van der Waals surface area contributed by atoms with Gasteiger partial charge in [0.2, 0.25) is 5.88 Å². The first-order valence-electron chi connectivity index (χ1n) is 14.3. The lowest BCUT2D eigenvalue weighted by atomic mass is 10.1. The Balaban J connectivity index is 1.06. The predicted octanol–water partition coefficient (Wildman–Crippen LogP) is 4.78. The third-order valence-corrected chi connectivity index (χ3v) is 7.91. The summed E-state index contributed by atoms with van der Waals surface area (Å²) in [5.74, 6) is 1.14. The molecule has 6 rings (SSSR count). The molecule has 0 saturated carbocycles. The van der Waals surface area contributed by atoms with Gasteiger partial charge in [0.15, 0.2) is 0 Å². The second-order valence-electron chi connectivity index (χ2n) is 10.7. The van der Waals surface area contributed by atoms with Crippen molar-refractivity contribution < 1.29 is 28.1 Å². The van der Waals surface area contributed by atoms with Crippen LogP contribution in [0, 0.1) is 17.1 Å². The number of carbonyl (C=O) groups excluding carboxylic acids is 1. The first kappa shape index (κ1) is 28.6. The van der Waals surface area contributed by atoms with Gasteiger partial charge in [-0.15, -0.1) is 0 Å². The number of esters is 1. The maximum absolute atomic E-state index is 14.2. The average Bonchev–Trinajstić information content (AvgIpc) is 3.37. The fourth-order valence-electron chi connectivity index (χ4n) is 5.35. The van der Waals surface area contributed by atoms with Crippen molar-refractivity contribution >= 4 is 22.8 Å². The Labute approximate surface area is 248 Å². The topological polar surface area (TPSA) is 112 Å². The van der Waals surface area contributed by atoms with Crippen LogP contribution in [0.4, 0.5) is 10.2 Å². The van der Waals surface area contributed by atoms with Gasteiger partial charge in [-0.2, -0.15) is 10.2 Å². The molecule has 0 N–H and O–H groups in total. The molecule has 43 heavy (non-hydrogen) atoms. The van der Waals surface area contributed by atoms with E-state index < -0.39 is 5.82 Å². The summed E-state index contributed by atoms with van der Waals surface area (Å²) in [5, 5.41) is 8.93. The highest BCUT2D eigenvalue weighted by Crippen LogP contribution is 2.26. The number of aromatic nitrogens is 3. The summed E-state index contributed by atoms with van der Waals surface area (Å²) in [5.41, 5.74) is 2.78. The molecular formula is C32H32FN5O5. The number of hydrogen-bond acceptors (Lipinski definition) is 9. The van der Waals surface area contributed by atoms with E-state index in [0.717, 1.165) is 61.6 Å². The molecule has 0 radical (unpaired) electrons. The third-order valence-electron chi connectivity index (χ3n) is 7.91. The van der Waals surface area contributed by atoms with Crippen LogP contribution < -0.4 is 9.64 Å². The van der Waals surface area contributed by atoms with Gasteiger partial charge in [-0.1, -0.05) is 12.1 Å². The number of rotatable bonds is 10. The molecule has 4 aromatic rings. The number of piperidine rings is 1. The molecule has 0 unspecified atom stereocenters. The Morgan fingerprint density at radius 2 is 1.93 bits per heavy atom. The minimum absolute atomic E-state index is 0.0194. The van der Waals surface area contributed by atoms with E-state index in [2.05, 4.69) is 14.5 Å². The van der Waals surface area contributed by atoms with Crippen molar-refractivity contribution in [2.75, 3.05) is 31.7 Å². The Morgan fingerprint density at radius 1 is 1.09 bits per heavy atom. The second kappa shape index (κ2) is 12.8. The summed E-state index contributed by atoms with van der Waals surface area (Å²) >= 11 is 0. The smallest absolute Gasteiger partial charge is 0.337 e. The summed E-state index contributed by atoms with van der Waals surface area (Å²) in [7, 11) is 1.37. The molecule has 1 atom stereocenters. The van der Waals surface area contributed by atoms with Crippen LogP contribution >= 0.6 is 0 Å². The van der Waals surface area contributed by atoms with Crippen molar-refractivity contribution in [1.82, 2.24) is 14.5 Å². The van der Waals surface area contributed by atoms with Crippen LogP contribution in [0.25, 0.3) is 11.0 Å². The first-order chi connectivity index (χ1) is 21.0. The van der Waals surface area contributed by atoms with E-state index in [1.165, 1.54) is 13.2 Å². The number of nitriles is 1. The van der Waals surface area contributed by atoms with Crippen LogP contribution in [-0.4, -0.2) is 59.5 Å². The number of hydrogen-bond donors (Lipinski definition) is 0. The second-order valence-corrected chi connectivity index (χ2v) is 10.7. The Morgan fingerprint density at radius 3 is 2.65 bits per heavy atom. The number of carbonyl (C=O) groups is 1. The van der Waals surface area contributed by atoms with Gasteiger partial charge in [-0.25, -0.2) is 14.2 Å². The number of benzene rings is 2. The molecule has 222 valence electrons. The van der Waals surface area contributed by atoms with Crippen LogP contribution in [-0.2, 0) is 34.0 Å². The van der Waals surface area contributed by atoms with Gasteiger partial charge < -0.3 is 28.4 Å². The quantitative estimate of drug-likeness (QED) is 0.243. The van der Waals surface area contributed by atoms with Crippen molar-refractivity contribution in [3.8, 4) is 11.9 Å². The Hall–Kier alpha value is -4.53. The fourth-order valence-corrected chi connectivity index (χ4v) is 5.35. The number of pyridine rings is 1. The summed E-state index contributed by atoms with van der Waals surface area (Å²) in [6.07, 6.45) is 2.82. The molecule has 0 bridgehead atoms. The standard InChI is InChI=1S/C32H32FN5O5/c1-40-32(39)22-7-8-27-28(16-22)38(18-25-11-14-41-25)30(35-27)20-42-24-9-12-37(13-10-24)29-3-2-4-31(36-29)43-19-23-6-5-21(17-34)15-26(23)33/h2-8,15-16,24-25H,9-14,18-20H2,1H3/t25-/m0/s1. The number of halogens is 1. The van der Waals surface area contributed by atoms with E-state index in [9.17, 15) is 9.18 Å². The molecule has 0 aliphatic carbocycles. The molecule has 11 heteroatoms. The first-order valence-corrected chi connectivity index (χ1v) is 14.3. The summed E-state index contributed by atoms with van der Waals surface area (Å²) < 4.78 is 39.0. The van der Waals surface area contributed by atoms with E-state index in [-0.39, 0.29) is 30.3 Å². The Bertz CT molecular complexity index is 1660. The van der Waals surface area contributed by atoms with Gasteiger partial charge in [-0.3, -0.25) is 0 Å². The Kier molecular flexibility index (Phi) is 8.49. The zero-order valence-corrected chi connectivity index (χ0v) is 23.9. The molecule has 0 spiro atoms. The summed E-state index contributed by atoms with van der Waals surface area (Å²) in [6, 6.07) is 17.2. The molecular weight excluding hydrogens is 553 g/mol. The average molecular weight is 586 g/mol. The molecule has 2 aliphatic rings. The van der Waals surface area contributed by atoms with Crippen molar-refractivity contribution in [2.45, 2.75) is 51.2 Å². The van der Waals surface area contributed by atoms with Crippen molar-refractivity contribution in [3.05, 3.63) is 82.9 Å². The lowest BCUT2D eigenvalue weighted by molar-refractivity contribution is -0.0600.